The summed E-state index contributed by atoms with van der Waals surface area (Å²) in [7, 11) is 0. The molecule has 0 spiro atoms. The van der Waals surface area contributed by atoms with Gasteiger partial charge in [0.15, 0.2) is 0 Å². The van der Waals surface area contributed by atoms with E-state index in [2.05, 4.69) is 0 Å². The fraction of sp³-hybridized carbons (Fsp3) is 0. The fourth-order valence-corrected chi connectivity index (χ4v) is 2.11. The van der Waals surface area contributed by atoms with Gasteiger partial charge in [0.1, 0.15) is 5.82 Å². The molecule has 100 valence electrons. The predicted molar refractivity (Wildman–Crippen MR) is 81.4 cm³/mol. The van der Waals surface area contributed by atoms with Crippen LogP contribution in [0.4, 0.5) is 4.39 Å². The van der Waals surface area contributed by atoms with Gasteiger partial charge in [-0.2, -0.15) is 5.26 Å². The van der Waals surface area contributed by atoms with Crippen molar-refractivity contribution in [2.24, 2.45) is 0 Å². The molecule has 2 aromatic carbocycles. The van der Waals surface area contributed by atoms with E-state index >= 15 is 0 Å². The highest BCUT2D eigenvalue weighted by molar-refractivity contribution is 6.42. The van der Waals surface area contributed by atoms with Crippen LogP contribution in [0.25, 0.3) is 11.6 Å². The van der Waals surface area contributed by atoms with Crippen molar-refractivity contribution in [3.8, 4) is 6.07 Å². The summed E-state index contributed by atoms with van der Waals surface area (Å²) in [5.41, 5.74) is 1.02. The molecule has 0 saturated carbocycles. The molecule has 2 aromatic rings. The van der Waals surface area contributed by atoms with E-state index in [4.69, 9.17) is 34.8 Å². The van der Waals surface area contributed by atoms with Crippen LogP contribution in [0.15, 0.2) is 36.4 Å². The third kappa shape index (κ3) is 3.32. The second-order valence-corrected chi connectivity index (χ2v) is 5.22. The Kier molecular flexibility index (Phi) is 4.67. The summed E-state index contributed by atoms with van der Waals surface area (Å²) in [5.74, 6) is -0.551. The number of halogens is 4. The Labute approximate surface area is 130 Å². The zero-order valence-electron chi connectivity index (χ0n) is 10.0. The van der Waals surface area contributed by atoms with Gasteiger partial charge in [0.25, 0.3) is 0 Å². The van der Waals surface area contributed by atoms with Crippen molar-refractivity contribution < 1.29 is 4.39 Å². The van der Waals surface area contributed by atoms with Gasteiger partial charge < -0.3 is 0 Å². The van der Waals surface area contributed by atoms with E-state index in [0.29, 0.717) is 15.6 Å². The van der Waals surface area contributed by atoms with Crippen molar-refractivity contribution in [1.82, 2.24) is 0 Å². The van der Waals surface area contributed by atoms with Gasteiger partial charge in [-0.05, 0) is 42.0 Å². The van der Waals surface area contributed by atoms with Crippen LogP contribution in [-0.2, 0) is 0 Å². The van der Waals surface area contributed by atoms with E-state index in [0.717, 1.165) is 6.07 Å². The van der Waals surface area contributed by atoms with Crippen molar-refractivity contribution in [3.05, 3.63) is 68.4 Å². The minimum Gasteiger partial charge on any atom is -0.206 e. The second-order valence-electron chi connectivity index (χ2n) is 3.97. The lowest BCUT2D eigenvalue weighted by molar-refractivity contribution is 0.624. The molecule has 0 aliphatic carbocycles. The minimum absolute atomic E-state index is 0.178. The Morgan fingerprint density at radius 1 is 1.05 bits per heavy atom. The topological polar surface area (TPSA) is 23.8 Å². The van der Waals surface area contributed by atoms with Crippen LogP contribution in [-0.4, -0.2) is 0 Å². The molecule has 0 aliphatic heterocycles. The van der Waals surface area contributed by atoms with Crippen LogP contribution in [0.1, 0.15) is 11.1 Å². The molecule has 0 fully saturated rings. The lowest BCUT2D eigenvalue weighted by atomic mass is 10.0. The Bertz CT molecular complexity index is 732. The highest BCUT2D eigenvalue weighted by atomic mass is 35.5. The number of benzene rings is 2. The SMILES string of the molecule is N#CC(=Cc1ccc(Cl)c(Cl)c1)c1ccc(Cl)cc1F. The van der Waals surface area contributed by atoms with E-state index < -0.39 is 5.82 Å². The van der Waals surface area contributed by atoms with E-state index in [1.54, 1.807) is 18.2 Å². The molecule has 0 atom stereocenters. The van der Waals surface area contributed by atoms with E-state index in [1.807, 2.05) is 6.07 Å². The van der Waals surface area contributed by atoms with Gasteiger partial charge in [-0.15, -0.1) is 0 Å². The Morgan fingerprint density at radius 3 is 2.40 bits per heavy atom. The number of nitriles is 1. The lowest BCUT2D eigenvalue weighted by Gasteiger charge is -2.03. The number of hydrogen-bond donors (Lipinski definition) is 0. The van der Waals surface area contributed by atoms with Crippen LogP contribution in [0.5, 0.6) is 0 Å². The molecule has 0 saturated heterocycles. The highest BCUT2D eigenvalue weighted by Gasteiger charge is 2.09. The monoisotopic (exact) mass is 325 g/mol. The average molecular weight is 327 g/mol. The second kappa shape index (κ2) is 6.28. The summed E-state index contributed by atoms with van der Waals surface area (Å²) in [5, 5.41) is 10.2. The number of allylic oxidation sites excluding steroid dienone is 1. The van der Waals surface area contributed by atoms with Crippen molar-refractivity contribution in [2.45, 2.75) is 0 Å². The van der Waals surface area contributed by atoms with Crippen LogP contribution in [0.2, 0.25) is 15.1 Å². The first-order chi connectivity index (χ1) is 9.51. The molecule has 0 unspecified atom stereocenters. The molecule has 1 nitrogen and oxygen atoms in total. The number of nitrogens with zero attached hydrogens (tertiary/aromatic N) is 1. The summed E-state index contributed by atoms with van der Waals surface area (Å²) in [6.07, 6.45) is 1.54. The minimum atomic E-state index is -0.551. The Balaban J connectivity index is 2.49. The Hall–Kier alpha value is -1.53. The fourth-order valence-electron chi connectivity index (χ4n) is 1.65. The molecule has 0 aliphatic rings. The first-order valence-electron chi connectivity index (χ1n) is 5.53. The average Bonchev–Trinajstić information content (AvgIpc) is 2.41. The maximum atomic E-state index is 13.8. The molecule has 0 heterocycles. The predicted octanol–water partition coefficient (Wildman–Crippen LogP) is 5.85. The summed E-state index contributed by atoms with van der Waals surface area (Å²) in [4.78, 5) is 0. The summed E-state index contributed by atoms with van der Waals surface area (Å²) in [6, 6.07) is 11.0. The van der Waals surface area contributed by atoms with Gasteiger partial charge in [-0.3, -0.25) is 0 Å². The van der Waals surface area contributed by atoms with Crippen molar-refractivity contribution in [2.75, 3.05) is 0 Å². The van der Waals surface area contributed by atoms with Gasteiger partial charge >= 0.3 is 0 Å². The van der Waals surface area contributed by atoms with Gasteiger partial charge in [0, 0.05) is 10.6 Å². The van der Waals surface area contributed by atoms with E-state index in [9.17, 15) is 9.65 Å². The molecular weight excluding hydrogens is 320 g/mol. The number of rotatable bonds is 2. The molecule has 0 amide bonds. The van der Waals surface area contributed by atoms with Crippen LogP contribution in [0.3, 0.4) is 0 Å². The van der Waals surface area contributed by atoms with Crippen molar-refractivity contribution in [1.29, 1.82) is 5.26 Å². The van der Waals surface area contributed by atoms with Crippen molar-refractivity contribution in [3.63, 3.8) is 0 Å². The summed E-state index contributed by atoms with van der Waals surface area (Å²) in [6.45, 7) is 0. The summed E-state index contributed by atoms with van der Waals surface area (Å²) < 4.78 is 13.8. The normalized spacial score (nSPS) is 11.2. The third-order valence-electron chi connectivity index (χ3n) is 2.60. The molecule has 0 aromatic heterocycles. The molecule has 0 radical (unpaired) electrons. The molecule has 0 bridgehead atoms. The van der Waals surface area contributed by atoms with E-state index in [1.165, 1.54) is 18.2 Å². The molecule has 0 N–H and O–H groups in total. The molecular formula is C15H7Cl3FN. The van der Waals surface area contributed by atoms with Crippen LogP contribution >= 0.6 is 34.8 Å². The quantitative estimate of drug-likeness (QED) is 0.501. The zero-order valence-corrected chi connectivity index (χ0v) is 12.3. The van der Waals surface area contributed by atoms with Gasteiger partial charge in [-0.25, -0.2) is 4.39 Å². The first-order valence-corrected chi connectivity index (χ1v) is 6.67. The smallest absolute Gasteiger partial charge is 0.133 e. The third-order valence-corrected chi connectivity index (χ3v) is 3.57. The first kappa shape index (κ1) is 14.9. The van der Waals surface area contributed by atoms with Gasteiger partial charge in [0.05, 0.1) is 21.7 Å². The summed E-state index contributed by atoms with van der Waals surface area (Å²) >= 11 is 17.4. The Morgan fingerprint density at radius 2 is 1.80 bits per heavy atom. The largest absolute Gasteiger partial charge is 0.206 e. The van der Waals surface area contributed by atoms with Crippen molar-refractivity contribution >= 4 is 46.5 Å². The molecule has 5 heteroatoms. The zero-order chi connectivity index (χ0) is 14.7. The maximum Gasteiger partial charge on any atom is 0.133 e. The standard InChI is InChI=1S/C15H7Cl3FN/c16-11-2-3-12(15(19)7-11)10(8-20)5-9-1-4-13(17)14(18)6-9/h1-7H. The van der Waals surface area contributed by atoms with Crippen LogP contribution in [0, 0.1) is 17.1 Å². The van der Waals surface area contributed by atoms with Gasteiger partial charge in [0.2, 0.25) is 0 Å². The molecule has 20 heavy (non-hydrogen) atoms. The maximum absolute atomic E-state index is 13.8. The van der Waals surface area contributed by atoms with Gasteiger partial charge in [-0.1, -0.05) is 40.9 Å². The molecule has 2 rings (SSSR count). The number of hydrogen-bond acceptors (Lipinski definition) is 1. The lowest BCUT2D eigenvalue weighted by Crippen LogP contribution is -1.88. The van der Waals surface area contributed by atoms with Crippen LogP contribution < -0.4 is 0 Å². The highest BCUT2D eigenvalue weighted by Crippen LogP contribution is 2.27. The van der Waals surface area contributed by atoms with E-state index in [-0.39, 0.29) is 16.2 Å².